The molecule has 0 aliphatic rings. The molecule has 3 aromatic rings. The number of rotatable bonds is 7. The Morgan fingerprint density at radius 2 is 1.93 bits per heavy atom. The first-order valence-electron chi connectivity index (χ1n) is 8.52. The lowest BCUT2D eigenvalue weighted by molar-refractivity contribution is -0.131. The highest BCUT2D eigenvalue weighted by Crippen LogP contribution is 2.22. The highest BCUT2D eigenvalue weighted by atomic mass is 35.5. The van der Waals surface area contributed by atoms with Crippen LogP contribution in [0.3, 0.4) is 0 Å². The van der Waals surface area contributed by atoms with Crippen molar-refractivity contribution >= 4 is 40.9 Å². The minimum Gasteiger partial charge on any atom is -0.336 e. The number of aromatic nitrogens is 3. The van der Waals surface area contributed by atoms with E-state index >= 15 is 0 Å². The molecule has 3 rings (SSSR count). The quantitative estimate of drug-likeness (QED) is 0.578. The van der Waals surface area contributed by atoms with Crippen molar-refractivity contribution in [2.45, 2.75) is 5.16 Å². The number of amides is 2. The highest BCUT2D eigenvalue weighted by molar-refractivity contribution is 7.99. The lowest BCUT2D eigenvalue weighted by Crippen LogP contribution is -2.36. The number of para-hydroxylation sites is 2. The largest absolute Gasteiger partial charge is 0.336 e. The minimum absolute atomic E-state index is 0.0169. The van der Waals surface area contributed by atoms with Crippen molar-refractivity contribution in [2.24, 2.45) is 0 Å². The summed E-state index contributed by atoms with van der Waals surface area (Å²) in [5.41, 5.74) is 0.771. The van der Waals surface area contributed by atoms with Gasteiger partial charge < -0.3 is 10.2 Å². The lowest BCUT2D eigenvalue weighted by atomic mass is 10.3. The molecule has 0 aliphatic carbocycles. The van der Waals surface area contributed by atoms with Crippen molar-refractivity contribution in [1.29, 1.82) is 0 Å². The molecule has 2 amide bonds. The average molecular weight is 434 g/mol. The summed E-state index contributed by atoms with van der Waals surface area (Å²) >= 11 is 7.12. The Morgan fingerprint density at radius 3 is 2.69 bits per heavy atom. The maximum atomic E-state index is 14.0. The van der Waals surface area contributed by atoms with Gasteiger partial charge in [-0.15, -0.1) is 10.2 Å². The van der Waals surface area contributed by atoms with E-state index in [4.69, 9.17) is 11.6 Å². The maximum absolute atomic E-state index is 14.0. The molecule has 1 N–H and O–H groups in total. The van der Waals surface area contributed by atoms with E-state index in [-0.39, 0.29) is 24.1 Å². The second-order valence-electron chi connectivity index (χ2n) is 6.00. The Labute approximate surface area is 175 Å². The molecule has 0 aliphatic heterocycles. The van der Waals surface area contributed by atoms with E-state index in [0.717, 1.165) is 11.8 Å². The SMILES string of the molecule is CN(CC(=O)Nc1ccccc1Cl)C(=O)CSc1nncn1-c1ccccc1F. The second kappa shape index (κ2) is 9.53. The second-order valence-corrected chi connectivity index (χ2v) is 7.35. The molecule has 0 atom stereocenters. The molecule has 0 radical (unpaired) electrons. The van der Waals surface area contributed by atoms with Crippen LogP contribution in [0.15, 0.2) is 60.0 Å². The van der Waals surface area contributed by atoms with Crippen LogP contribution in [0.2, 0.25) is 5.02 Å². The van der Waals surface area contributed by atoms with Crippen LogP contribution in [0, 0.1) is 5.82 Å². The van der Waals surface area contributed by atoms with Crippen LogP contribution in [-0.4, -0.2) is 50.8 Å². The van der Waals surface area contributed by atoms with Crippen LogP contribution in [0.4, 0.5) is 10.1 Å². The smallest absolute Gasteiger partial charge is 0.244 e. The first-order chi connectivity index (χ1) is 14.0. The van der Waals surface area contributed by atoms with Gasteiger partial charge in [0, 0.05) is 7.05 Å². The number of nitrogens with one attached hydrogen (secondary N) is 1. The molecule has 0 unspecified atom stereocenters. The summed E-state index contributed by atoms with van der Waals surface area (Å²) in [6.45, 7) is -0.134. The standard InChI is InChI=1S/C19H17ClFN5O2S/c1-25(10-17(27)23-15-8-4-2-6-13(15)20)18(28)11-29-19-24-22-12-26(19)16-9-5-3-7-14(16)21/h2-9,12H,10-11H2,1H3,(H,23,27). The third-order valence-electron chi connectivity index (χ3n) is 3.91. The molecule has 0 spiro atoms. The van der Waals surface area contributed by atoms with Crippen molar-refractivity contribution in [2.75, 3.05) is 24.7 Å². The molecule has 1 aromatic heterocycles. The van der Waals surface area contributed by atoms with Gasteiger partial charge in [-0.05, 0) is 24.3 Å². The van der Waals surface area contributed by atoms with Gasteiger partial charge >= 0.3 is 0 Å². The van der Waals surface area contributed by atoms with Crippen LogP contribution in [0.1, 0.15) is 0 Å². The van der Waals surface area contributed by atoms with Gasteiger partial charge in [0.25, 0.3) is 0 Å². The Hall–Kier alpha value is -2.91. The van der Waals surface area contributed by atoms with E-state index in [1.165, 1.54) is 28.9 Å². The molecule has 7 nitrogen and oxygen atoms in total. The lowest BCUT2D eigenvalue weighted by Gasteiger charge is -2.17. The summed E-state index contributed by atoms with van der Waals surface area (Å²) in [6.07, 6.45) is 1.38. The van der Waals surface area contributed by atoms with E-state index in [1.807, 2.05) is 0 Å². The first-order valence-corrected chi connectivity index (χ1v) is 9.88. The zero-order valence-electron chi connectivity index (χ0n) is 15.4. The van der Waals surface area contributed by atoms with Crippen molar-refractivity contribution in [3.05, 3.63) is 65.7 Å². The molecule has 2 aromatic carbocycles. The number of halogens is 2. The summed E-state index contributed by atoms with van der Waals surface area (Å²) in [7, 11) is 1.52. The van der Waals surface area contributed by atoms with Gasteiger partial charge in [-0.2, -0.15) is 0 Å². The summed E-state index contributed by atoms with van der Waals surface area (Å²) < 4.78 is 15.5. The molecule has 1 heterocycles. The third kappa shape index (κ3) is 5.33. The van der Waals surface area contributed by atoms with Crippen molar-refractivity contribution in [3.8, 4) is 5.69 Å². The zero-order valence-corrected chi connectivity index (χ0v) is 17.0. The van der Waals surface area contributed by atoms with Gasteiger partial charge in [0.2, 0.25) is 11.8 Å². The number of hydrogen-bond acceptors (Lipinski definition) is 5. The minimum atomic E-state index is -0.422. The molecule has 0 saturated carbocycles. The Bertz CT molecular complexity index is 1030. The van der Waals surface area contributed by atoms with Gasteiger partial charge in [0.15, 0.2) is 5.16 Å². The number of carbonyl (C=O) groups excluding carboxylic acids is 2. The third-order valence-corrected chi connectivity index (χ3v) is 5.17. The van der Waals surface area contributed by atoms with E-state index in [1.54, 1.807) is 42.5 Å². The molecule has 0 bridgehead atoms. The van der Waals surface area contributed by atoms with Crippen molar-refractivity contribution in [3.63, 3.8) is 0 Å². The predicted molar refractivity (Wildman–Crippen MR) is 110 cm³/mol. The summed E-state index contributed by atoms with van der Waals surface area (Å²) in [4.78, 5) is 25.8. The van der Waals surface area contributed by atoms with Crippen molar-refractivity contribution < 1.29 is 14.0 Å². The van der Waals surface area contributed by atoms with E-state index in [0.29, 0.717) is 21.6 Å². The highest BCUT2D eigenvalue weighted by Gasteiger charge is 2.17. The molecule has 29 heavy (non-hydrogen) atoms. The van der Waals surface area contributed by atoms with E-state index in [2.05, 4.69) is 15.5 Å². The van der Waals surface area contributed by atoms with Gasteiger partial charge in [-0.1, -0.05) is 47.6 Å². The normalized spacial score (nSPS) is 10.6. The monoisotopic (exact) mass is 433 g/mol. The van der Waals surface area contributed by atoms with Crippen LogP contribution in [-0.2, 0) is 9.59 Å². The topological polar surface area (TPSA) is 80.1 Å². The number of anilines is 1. The number of hydrogen-bond donors (Lipinski definition) is 1. The number of nitrogens with zero attached hydrogens (tertiary/aromatic N) is 4. The van der Waals surface area contributed by atoms with Crippen LogP contribution < -0.4 is 5.32 Å². The van der Waals surface area contributed by atoms with Gasteiger partial charge in [0.1, 0.15) is 12.1 Å². The fraction of sp³-hybridized carbons (Fsp3) is 0.158. The van der Waals surface area contributed by atoms with Crippen LogP contribution in [0.25, 0.3) is 5.69 Å². The molecular weight excluding hydrogens is 417 g/mol. The molecule has 150 valence electrons. The molecule has 0 saturated heterocycles. The molecule has 10 heteroatoms. The Balaban J connectivity index is 1.56. The maximum Gasteiger partial charge on any atom is 0.244 e. The number of benzene rings is 2. The Kier molecular flexibility index (Phi) is 6.84. The first kappa shape index (κ1) is 20.8. The summed E-state index contributed by atoms with van der Waals surface area (Å²) in [5.74, 6) is -1.06. The van der Waals surface area contributed by atoms with E-state index < -0.39 is 5.82 Å². The van der Waals surface area contributed by atoms with Gasteiger partial charge in [-0.3, -0.25) is 14.2 Å². The van der Waals surface area contributed by atoms with Crippen LogP contribution >= 0.6 is 23.4 Å². The zero-order chi connectivity index (χ0) is 20.8. The molecular formula is C19H17ClFN5O2S. The van der Waals surface area contributed by atoms with Crippen LogP contribution in [0.5, 0.6) is 0 Å². The summed E-state index contributed by atoms with van der Waals surface area (Å²) in [6, 6.07) is 13.0. The number of thioether (sulfide) groups is 1. The van der Waals surface area contributed by atoms with Gasteiger partial charge in [-0.25, -0.2) is 4.39 Å². The van der Waals surface area contributed by atoms with Crippen molar-refractivity contribution in [1.82, 2.24) is 19.7 Å². The Morgan fingerprint density at radius 1 is 1.21 bits per heavy atom. The summed E-state index contributed by atoms with van der Waals surface area (Å²) in [5, 5.41) is 11.2. The number of likely N-dealkylation sites (N-methyl/N-ethyl adjacent to an activating group) is 1. The number of carbonyl (C=O) groups is 2. The predicted octanol–water partition coefficient (Wildman–Crippen LogP) is 3.25. The fourth-order valence-electron chi connectivity index (χ4n) is 2.43. The van der Waals surface area contributed by atoms with E-state index in [9.17, 15) is 14.0 Å². The molecule has 0 fully saturated rings. The average Bonchev–Trinajstić information content (AvgIpc) is 3.16. The van der Waals surface area contributed by atoms with Gasteiger partial charge in [0.05, 0.1) is 28.7 Å². The fourth-order valence-corrected chi connectivity index (χ4v) is 3.47.